The van der Waals surface area contributed by atoms with Gasteiger partial charge in [0.15, 0.2) is 11.6 Å². The molecule has 1 fully saturated rings. The Bertz CT molecular complexity index is 1130. The highest BCUT2D eigenvalue weighted by Gasteiger charge is 2.27. The molecule has 178 valence electrons. The van der Waals surface area contributed by atoms with Crippen LogP contribution in [0.2, 0.25) is 0 Å². The summed E-state index contributed by atoms with van der Waals surface area (Å²) in [6.07, 6.45) is 4.50. The second-order valence-corrected chi connectivity index (χ2v) is 8.63. The molecule has 3 aromatic carbocycles. The zero-order valence-electron chi connectivity index (χ0n) is 19.3. The van der Waals surface area contributed by atoms with Gasteiger partial charge in [0.05, 0.1) is 19.3 Å². The topological polar surface area (TPSA) is 18.5 Å². The van der Waals surface area contributed by atoms with E-state index in [4.69, 9.17) is 9.47 Å². The summed E-state index contributed by atoms with van der Waals surface area (Å²) < 4.78 is 55.4. The van der Waals surface area contributed by atoms with Crippen LogP contribution >= 0.6 is 0 Å². The van der Waals surface area contributed by atoms with E-state index in [0.717, 1.165) is 18.4 Å². The molecular formula is C29H29F3O2. The summed E-state index contributed by atoms with van der Waals surface area (Å²) in [5, 5.41) is 0. The number of hydrogen-bond acceptors (Lipinski definition) is 2. The summed E-state index contributed by atoms with van der Waals surface area (Å²) in [5.41, 5.74) is 2.71. The second kappa shape index (κ2) is 10.9. The van der Waals surface area contributed by atoms with Gasteiger partial charge in [0.2, 0.25) is 0 Å². The van der Waals surface area contributed by atoms with Gasteiger partial charge in [-0.3, -0.25) is 0 Å². The summed E-state index contributed by atoms with van der Waals surface area (Å²) >= 11 is 0. The first kappa shape index (κ1) is 24.1. The van der Waals surface area contributed by atoms with Crippen molar-refractivity contribution in [2.75, 3.05) is 6.61 Å². The molecule has 2 nitrogen and oxygen atoms in total. The summed E-state index contributed by atoms with van der Waals surface area (Å²) in [7, 11) is 0. The largest absolute Gasteiger partial charge is 0.494 e. The molecule has 5 heteroatoms. The van der Waals surface area contributed by atoms with Gasteiger partial charge in [-0.25, -0.2) is 13.2 Å². The van der Waals surface area contributed by atoms with Crippen LogP contribution in [0, 0.1) is 17.5 Å². The van der Waals surface area contributed by atoms with Crippen molar-refractivity contribution in [1.82, 2.24) is 0 Å². The maximum Gasteiger partial charge on any atom is 0.166 e. The quantitative estimate of drug-likeness (QED) is 0.334. The van der Waals surface area contributed by atoms with Crippen molar-refractivity contribution in [3.63, 3.8) is 0 Å². The highest BCUT2D eigenvalue weighted by atomic mass is 19.2. The molecule has 0 aliphatic heterocycles. The van der Waals surface area contributed by atoms with Crippen LogP contribution in [0.3, 0.4) is 0 Å². The molecule has 3 aromatic rings. The molecule has 0 N–H and O–H groups in total. The van der Waals surface area contributed by atoms with Crippen molar-refractivity contribution in [1.29, 1.82) is 0 Å². The van der Waals surface area contributed by atoms with Gasteiger partial charge in [0, 0.05) is 17.2 Å². The minimum Gasteiger partial charge on any atom is -0.494 e. The van der Waals surface area contributed by atoms with Crippen LogP contribution in [0.15, 0.2) is 61.2 Å². The van der Waals surface area contributed by atoms with E-state index in [1.165, 1.54) is 6.07 Å². The number of ether oxygens (including phenoxy) is 2. The zero-order valence-corrected chi connectivity index (χ0v) is 19.3. The van der Waals surface area contributed by atoms with E-state index in [1.54, 1.807) is 42.5 Å². The van der Waals surface area contributed by atoms with Crippen LogP contribution in [0.1, 0.15) is 55.2 Å². The van der Waals surface area contributed by atoms with E-state index in [9.17, 15) is 8.78 Å². The molecule has 0 unspecified atom stereocenters. The fourth-order valence-corrected chi connectivity index (χ4v) is 4.55. The highest BCUT2D eigenvalue weighted by molar-refractivity contribution is 5.66. The summed E-state index contributed by atoms with van der Waals surface area (Å²) in [5.74, 6) is -1.50. The van der Waals surface area contributed by atoms with Crippen molar-refractivity contribution in [3.8, 4) is 16.9 Å². The van der Waals surface area contributed by atoms with E-state index in [0.29, 0.717) is 41.9 Å². The van der Waals surface area contributed by atoms with E-state index >= 15 is 4.39 Å². The van der Waals surface area contributed by atoms with Gasteiger partial charge in [-0.2, -0.15) is 0 Å². The van der Waals surface area contributed by atoms with Crippen molar-refractivity contribution < 1.29 is 22.6 Å². The normalized spacial score (nSPS) is 18.0. The third-order valence-electron chi connectivity index (χ3n) is 6.49. The molecule has 0 amide bonds. The minimum atomic E-state index is -0.812. The SMILES string of the molecule is C=Cc1ccc(-c2ccc(C3CCC(OCc4ccc(OCC)cc4F)CC3)c(F)c2F)cc1. The average molecular weight is 467 g/mol. The summed E-state index contributed by atoms with van der Waals surface area (Å²) in [4.78, 5) is 0. The van der Waals surface area contributed by atoms with Crippen LogP contribution in [-0.2, 0) is 11.3 Å². The molecule has 34 heavy (non-hydrogen) atoms. The monoisotopic (exact) mass is 466 g/mol. The van der Waals surface area contributed by atoms with Gasteiger partial charge in [-0.05, 0) is 61.3 Å². The molecular weight excluding hydrogens is 437 g/mol. The van der Waals surface area contributed by atoms with Crippen molar-refractivity contribution in [3.05, 3.63) is 95.3 Å². The second-order valence-electron chi connectivity index (χ2n) is 8.63. The molecule has 0 bridgehead atoms. The van der Waals surface area contributed by atoms with E-state index in [-0.39, 0.29) is 30.0 Å². The lowest BCUT2D eigenvalue weighted by atomic mass is 9.82. The Morgan fingerprint density at radius 3 is 2.29 bits per heavy atom. The molecule has 0 saturated heterocycles. The fourth-order valence-electron chi connectivity index (χ4n) is 4.55. The Labute approximate surface area is 199 Å². The van der Waals surface area contributed by atoms with Crippen molar-refractivity contribution in [2.24, 2.45) is 0 Å². The first-order chi connectivity index (χ1) is 16.5. The molecule has 0 heterocycles. The van der Waals surface area contributed by atoms with E-state index in [2.05, 4.69) is 6.58 Å². The Morgan fingerprint density at radius 1 is 0.912 bits per heavy atom. The van der Waals surface area contributed by atoms with Gasteiger partial charge >= 0.3 is 0 Å². The lowest BCUT2D eigenvalue weighted by molar-refractivity contribution is 0.0118. The van der Waals surface area contributed by atoms with E-state index in [1.807, 2.05) is 19.1 Å². The first-order valence-electron chi connectivity index (χ1n) is 11.7. The van der Waals surface area contributed by atoms with Crippen LogP contribution in [0.25, 0.3) is 17.2 Å². The molecule has 1 saturated carbocycles. The number of benzene rings is 3. The summed E-state index contributed by atoms with van der Waals surface area (Å²) in [6, 6.07) is 15.3. The Morgan fingerprint density at radius 2 is 1.65 bits per heavy atom. The van der Waals surface area contributed by atoms with Gasteiger partial charge < -0.3 is 9.47 Å². The predicted molar refractivity (Wildman–Crippen MR) is 129 cm³/mol. The van der Waals surface area contributed by atoms with Crippen LogP contribution in [0.4, 0.5) is 13.2 Å². The zero-order chi connectivity index (χ0) is 24.1. The fraction of sp³-hybridized carbons (Fsp3) is 0.310. The predicted octanol–water partition coefficient (Wildman–Crippen LogP) is 8.06. The highest BCUT2D eigenvalue weighted by Crippen LogP contribution is 2.38. The third kappa shape index (κ3) is 5.36. The first-order valence-corrected chi connectivity index (χ1v) is 11.7. The smallest absolute Gasteiger partial charge is 0.166 e. The number of rotatable bonds is 8. The Hall–Kier alpha value is -3.05. The van der Waals surface area contributed by atoms with E-state index < -0.39 is 11.6 Å². The van der Waals surface area contributed by atoms with Crippen LogP contribution in [0.5, 0.6) is 5.75 Å². The molecule has 0 spiro atoms. The molecule has 4 rings (SSSR count). The van der Waals surface area contributed by atoms with Crippen molar-refractivity contribution >= 4 is 6.08 Å². The molecule has 1 aliphatic carbocycles. The molecule has 0 radical (unpaired) electrons. The number of halogens is 3. The minimum absolute atomic E-state index is 0.0298. The van der Waals surface area contributed by atoms with Gasteiger partial charge in [0.25, 0.3) is 0 Å². The lowest BCUT2D eigenvalue weighted by Gasteiger charge is -2.29. The molecule has 0 aromatic heterocycles. The summed E-state index contributed by atoms with van der Waals surface area (Å²) in [6.45, 7) is 6.22. The lowest BCUT2D eigenvalue weighted by Crippen LogP contribution is -2.21. The number of hydrogen-bond donors (Lipinski definition) is 0. The third-order valence-corrected chi connectivity index (χ3v) is 6.49. The standard InChI is InChI=1S/C29H29F3O2/c1-3-19-5-7-20(8-6-19)25-15-16-26(29(32)28(25)31)21-9-12-23(13-10-21)34-18-22-11-14-24(33-4-2)17-27(22)30/h3,5-8,11,14-17,21,23H,1,4,9-10,12-13,18H2,2H3. The maximum absolute atomic E-state index is 15.0. The van der Waals surface area contributed by atoms with Crippen molar-refractivity contribution in [2.45, 2.75) is 51.2 Å². The van der Waals surface area contributed by atoms with Gasteiger partial charge in [-0.15, -0.1) is 0 Å². The molecule has 1 aliphatic rings. The van der Waals surface area contributed by atoms with Gasteiger partial charge in [-0.1, -0.05) is 55.1 Å². The Kier molecular flexibility index (Phi) is 7.73. The van der Waals surface area contributed by atoms with Crippen LogP contribution in [-0.4, -0.2) is 12.7 Å². The Balaban J connectivity index is 1.36. The average Bonchev–Trinajstić information content (AvgIpc) is 2.86. The molecule has 0 atom stereocenters. The van der Waals surface area contributed by atoms with Crippen LogP contribution < -0.4 is 4.74 Å². The maximum atomic E-state index is 15.0. The van der Waals surface area contributed by atoms with Gasteiger partial charge in [0.1, 0.15) is 11.6 Å².